The fourth-order valence-corrected chi connectivity index (χ4v) is 8.65. The fraction of sp³-hybridized carbons (Fsp3) is 0.350. The molecule has 2 aliphatic rings. The standard InChI is InChI=1S/C40H40N2O2/c1-23-9-24(2)20-41(19-23)31-7-5-27-13-33-35-17-36-34-14-28-6-8-32(42-21-25(3)10-26(4)22-42)12-30(28)16-38(34)44-40(36)18-39(35)43-37(33)15-29(27)11-31/h5-8,11-18,23-26H,9-10,19-22H2,1-4H3. The molecular formula is C40H40N2O2. The highest BCUT2D eigenvalue weighted by Crippen LogP contribution is 2.40. The number of piperidine rings is 2. The van der Waals surface area contributed by atoms with Crippen molar-refractivity contribution in [2.75, 3.05) is 36.0 Å². The molecule has 7 aromatic rings. The summed E-state index contributed by atoms with van der Waals surface area (Å²) >= 11 is 0. The molecule has 44 heavy (non-hydrogen) atoms. The van der Waals surface area contributed by atoms with Crippen LogP contribution in [0.5, 0.6) is 0 Å². The number of anilines is 2. The highest BCUT2D eigenvalue weighted by atomic mass is 16.3. The fourth-order valence-electron chi connectivity index (χ4n) is 8.65. The molecule has 9 rings (SSSR count). The Balaban J connectivity index is 1.12. The zero-order valence-corrected chi connectivity index (χ0v) is 26.2. The van der Waals surface area contributed by atoms with Crippen molar-refractivity contribution >= 4 is 76.8 Å². The van der Waals surface area contributed by atoms with E-state index in [0.29, 0.717) is 0 Å². The molecule has 222 valence electrons. The van der Waals surface area contributed by atoms with Gasteiger partial charge >= 0.3 is 0 Å². The third kappa shape index (κ3) is 4.25. The van der Waals surface area contributed by atoms with Crippen LogP contribution in [-0.4, -0.2) is 26.2 Å². The third-order valence-electron chi connectivity index (χ3n) is 10.4. The van der Waals surface area contributed by atoms with Gasteiger partial charge in [0.15, 0.2) is 0 Å². The van der Waals surface area contributed by atoms with E-state index >= 15 is 0 Å². The van der Waals surface area contributed by atoms with Crippen LogP contribution in [0.4, 0.5) is 11.4 Å². The zero-order chi connectivity index (χ0) is 29.7. The lowest BCUT2D eigenvalue weighted by Gasteiger charge is -2.36. The molecule has 4 heteroatoms. The number of furan rings is 2. The number of benzene rings is 5. The lowest BCUT2D eigenvalue weighted by molar-refractivity contribution is 0.357. The minimum Gasteiger partial charge on any atom is -0.456 e. The lowest BCUT2D eigenvalue weighted by Crippen LogP contribution is -2.38. The number of nitrogens with zero attached hydrogens (tertiary/aromatic N) is 2. The number of fused-ring (bicyclic) bond motifs is 8. The molecule has 0 amide bonds. The minimum atomic E-state index is 0.726. The van der Waals surface area contributed by atoms with E-state index in [0.717, 1.165) is 93.7 Å². The molecule has 0 N–H and O–H groups in total. The first-order valence-electron chi connectivity index (χ1n) is 16.5. The van der Waals surface area contributed by atoms with Gasteiger partial charge < -0.3 is 18.6 Å². The van der Waals surface area contributed by atoms with E-state index in [2.05, 4.69) is 110 Å². The first kappa shape index (κ1) is 26.2. The first-order chi connectivity index (χ1) is 21.3. The summed E-state index contributed by atoms with van der Waals surface area (Å²) < 4.78 is 13.0. The smallest absolute Gasteiger partial charge is 0.139 e. The molecule has 2 aromatic heterocycles. The summed E-state index contributed by atoms with van der Waals surface area (Å²) in [4.78, 5) is 5.11. The Morgan fingerprint density at radius 3 is 1.25 bits per heavy atom. The second-order valence-corrected chi connectivity index (χ2v) is 14.5. The molecule has 4 atom stereocenters. The van der Waals surface area contributed by atoms with E-state index in [-0.39, 0.29) is 0 Å². The van der Waals surface area contributed by atoms with Crippen LogP contribution >= 0.6 is 0 Å². The molecule has 2 aliphatic heterocycles. The van der Waals surface area contributed by atoms with Gasteiger partial charge in [-0.25, -0.2) is 0 Å². The molecule has 0 bridgehead atoms. The molecule has 0 radical (unpaired) electrons. The Bertz CT molecular complexity index is 2060. The third-order valence-corrected chi connectivity index (χ3v) is 10.4. The van der Waals surface area contributed by atoms with E-state index in [1.807, 2.05) is 0 Å². The van der Waals surface area contributed by atoms with Crippen LogP contribution in [0.1, 0.15) is 40.5 Å². The van der Waals surface area contributed by atoms with Crippen LogP contribution in [0.2, 0.25) is 0 Å². The molecular weight excluding hydrogens is 540 g/mol. The van der Waals surface area contributed by atoms with Gasteiger partial charge in [0, 0.05) is 65.2 Å². The van der Waals surface area contributed by atoms with E-state index in [9.17, 15) is 0 Å². The Hall–Kier alpha value is -4.18. The zero-order valence-electron chi connectivity index (χ0n) is 26.2. The van der Waals surface area contributed by atoms with Gasteiger partial charge in [-0.2, -0.15) is 0 Å². The summed E-state index contributed by atoms with van der Waals surface area (Å²) in [5, 5.41) is 9.56. The summed E-state index contributed by atoms with van der Waals surface area (Å²) in [5.74, 6) is 2.91. The lowest BCUT2D eigenvalue weighted by atomic mass is 9.91. The van der Waals surface area contributed by atoms with E-state index < -0.39 is 0 Å². The Morgan fingerprint density at radius 1 is 0.432 bits per heavy atom. The van der Waals surface area contributed by atoms with Crippen molar-refractivity contribution in [3.8, 4) is 0 Å². The van der Waals surface area contributed by atoms with Gasteiger partial charge in [0.05, 0.1) is 0 Å². The van der Waals surface area contributed by atoms with E-state index in [4.69, 9.17) is 8.83 Å². The monoisotopic (exact) mass is 580 g/mol. The largest absolute Gasteiger partial charge is 0.456 e. The molecule has 4 unspecified atom stereocenters. The topological polar surface area (TPSA) is 32.8 Å². The van der Waals surface area contributed by atoms with Crippen LogP contribution in [-0.2, 0) is 0 Å². The van der Waals surface area contributed by atoms with E-state index in [1.165, 1.54) is 45.8 Å². The van der Waals surface area contributed by atoms with Crippen LogP contribution in [0.15, 0.2) is 81.6 Å². The van der Waals surface area contributed by atoms with Crippen molar-refractivity contribution in [2.45, 2.75) is 40.5 Å². The Morgan fingerprint density at radius 2 is 0.818 bits per heavy atom. The van der Waals surface area contributed by atoms with Crippen LogP contribution in [0.3, 0.4) is 0 Å². The van der Waals surface area contributed by atoms with Crippen molar-refractivity contribution in [3.63, 3.8) is 0 Å². The van der Waals surface area contributed by atoms with E-state index in [1.54, 1.807) is 0 Å². The van der Waals surface area contributed by atoms with Gasteiger partial charge in [0.1, 0.15) is 22.3 Å². The molecule has 0 spiro atoms. The van der Waals surface area contributed by atoms with Crippen molar-refractivity contribution in [2.24, 2.45) is 23.7 Å². The van der Waals surface area contributed by atoms with Gasteiger partial charge in [0.2, 0.25) is 0 Å². The van der Waals surface area contributed by atoms with Crippen molar-refractivity contribution < 1.29 is 8.83 Å². The predicted octanol–water partition coefficient (Wildman–Crippen LogP) is 10.8. The molecule has 0 aliphatic carbocycles. The highest BCUT2D eigenvalue weighted by Gasteiger charge is 2.24. The molecule has 0 saturated carbocycles. The summed E-state index contributed by atoms with van der Waals surface area (Å²) in [7, 11) is 0. The Labute approximate surface area is 258 Å². The Kier molecular flexibility index (Phi) is 5.76. The summed E-state index contributed by atoms with van der Waals surface area (Å²) in [6.07, 6.45) is 2.63. The van der Waals surface area contributed by atoms with Gasteiger partial charge in [0.25, 0.3) is 0 Å². The van der Waals surface area contributed by atoms with Crippen LogP contribution in [0.25, 0.3) is 65.4 Å². The molecule has 4 nitrogen and oxygen atoms in total. The second kappa shape index (κ2) is 9.66. The summed E-state index contributed by atoms with van der Waals surface area (Å²) in [6, 6.07) is 27.2. The van der Waals surface area contributed by atoms with Crippen molar-refractivity contribution in [1.82, 2.24) is 0 Å². The molecule has 2 saturated heterocycles. The minimum absolute atomic E-state index is 0.726. The number of hydrogen-bond acceptors (Lipinski definition) is 4. The average molecular weight is 581 g/mol. The summed E-state index contributed by atoms with van der Waals surface area (Å²) in [6.45, 7) is 14.0. The maximum atomic E-state index is 6.48. The second-order valence-electron chi connectivity index (χ2n) is 14.5. The molecule has 4 heterocycles. The van der Waals surface area contributed by atoms with Gasteiger partial charge in [-0.1, -0.05) is 39.8 Å². The predicted molar refractivity (Wildman–Crippen MR) is 186 cm³/mol. The van der Waals surface area contributed by atoms with Crippen LogP contribution in [0, 0.1) is 23.7 Å². The maximum absolute atomic E-state index is 6.48. The molecule has 2 fully saturated rings. The number of rotatable bonds is 2. The van der Waals surface area contributed by atoms with Crippen molar-refractivity contribution in [3.05, 3.63) is 72.8 Å². The average Bonchev–Trinajstić information content (AvgIpc) is 3.51. The normalized spacial score (nSPS) is 23.3. The van der Waals surface area contributed by atoms with Crippen molar-refractivity contribution in [1.29, 1.82) is 0 Å². The molecule has 5 aromatic carbocycles. The van der Waals surface area contributed by atoms with Gasteiger partial charge in [-0.15, -0.1) is 0 Å². The first-order valence-corrected chi connectivity index (χ1v) is 16.5. The maximum Gasteiger partial charge on any atom is 0.139 e. The summed E-state index contributed by atoms with van der Waals surface area (Å²) in [5.41, 5.74) is 6.24. The van der Waals surface area contributed by atoms with Gasteiger partial charge in [-0.05, 0) is 113 Å². The highest BCUT2D eigenvalue weighted by molar-refractivity contribution is 6.18. The number of hydrogen-bond donors (Lipinski definition) is 0. The SMILES string of the molecule is CC1CC(C)CN(c2ccc3cc4c(cc3c2)oc2cc3oc5cc6cc(N7CC(C)CC(C)C7)ccc6cc5c3cc24)C1. The van der Waals surface area contributed by atoms with Gasteiger partial charge in [-0.3, -0.25) is 0 Å². The van der Waals surface area contributed by atoms with Crippen LogP contribution < -0.4 is 9.80 Å². The quantitative estimate of drug-likeness (QED) is 0.204.